The van der Waals surface area contributed by atoms with Gasteiger partial charge in [-0.05, 0) is 26.8 Å². The number of nitrogens with one attached hydrogen (secondary N) is 1. The first-order chi connectivity index (χ1) is 7.12. The molecular formula is C9H16N2O4S. The van der Waals surface area contributed by atoms with Crippen LogP contribution in [0.3, 0.4) is 0 Å². The van der Waals surface area contributed by atoms with Crippen molar-refractivity contribution in [2.24, 2.45) is 5.14 Å². The molecule has 1 rings (SSSR count). The molecule has 0 fully saturated rings. The highest BCUT2D eigenvalue weighted by Crippen LogP contribution is 2.26. The van der Waals surface area contributed by atoms with E-state index in [1.54, 1.807) is 19.9 Å². The van der Waals surface area contributed by atoms with Crippen LogP contribution in [0.25, 0.3) is 0 Å². The standard InChI is InChI=1S/C9H16N2O4S/c1-6-4-8(7(2)15-6)9(3,12)5-11-16(10,13)14/h4,11-12H,5H2,1-3H3,(H2,10,13,14). The molecule has 0 aliphatic carbocycles. The van der Waals surface area contributed by atoms with Crippen molar-refractivity contribution in [3.8, 4) is 0 Å². The molecule has 1 aromatic heterocycles. The first kappa shape index (κ1) is 13.2. The van der Waals surface area contributed by atoms with E-state index in [-0.39, 0.29) is 6.54 Å². The fourth-order valence-corrected chi connectivity index (χ4v) is 1.98. The van der Waals surface area contributed by atoms with E-state index >= 15 is 0 Å². The predicted octanol–water partition coefficient (Wildman–Crippen LogP) is -0.103. The second-order valence-corrected chi connectivity index (χ2v) is 5.35. The Labute approximate surface area is 94.6 Å². The number of furan rings is 1. The van der Waals surface area contributed by atoms with Crippen LogP contribution in [0.5, 0.6) is 0 Å². The normalized spacial score (nSPS) is 16.1. The van der Waals surface area contributed by atoms with Gasteiger partial charge in [-0.1, -0.05) is 0 Å². The van der Waals surface area contributed by atoms with Crippen LogP contribution in [-0.2, 0) is 15.8 Å². The maximum atomic E-state index is 10.7. The lowest BCUT2D eigenvalue weighted by atomic mass is 9.97. The zero-order valence-electron chi connectivity index (χ0n) is 9.44. The van der Waals surface area contributed by atoms with Crippen molar-refractivity contribution < 1.29 is 17.9 Å². The highest BCUT2D eigenvalue weighted by atomic mass is 32.2. The van der Waals surface area contributed by atoms with E-state index in [9.17, 15) is 13.5 Å². The minimum absolute atomic E-state index is 0.203. The predicted molar refractivity (Wildman–Crippen MR) is 58.9 cm³/mol. The molecule has 1 aromatic rings. The van der Waals surface area contributed by atoms with Crippen molar-refractivity contribution in [2.75, 3.05) is 6.54 Å². The molecule has 16 heavy (non-hydrogen) atoms. The highest BCUT2D eigenvalue weighted by molar-refractivity contribution is 7.87. The molecule has 0 amide bonds. The van der Waals surface area contributed by atoms with E-state index in [0.29, 0.717) is 17.1 Å². The molecule has 4 N–H and O–H groups in total. The summed E-state index contributed by atoms with van der Waals surface area (Å²) in [6.07, 6.45) is 0. The Morgan fingerprint density at radius 3 is 2.50 bits per heavy atom. The smallest absolute Gasteiger partial charge is 0.274 e. The highest BCUT2D eigenvalue weighted by Gasteiger charge is 2.28. The largest absolute Gasteiger partial charge is 0.466 e. The van der Waals surface area contributed by atoms with Crippen LogP contribution in [0.2, 0.25) is 0 Å². The third-order valence-electron chi connectivity index (χ3n) is 2.24. The van der Waals surface area contributed by atoms with Crippen molar-refractivity contribution in [1.29, 1.82) is 0 Å². The second kappa shape index (κ2) is 4.17. The molecule has 0 spiro atoms. The van der Waals surface area contributed by atoms with E-state index in [1.165, 1.54) is 6.92 Å². The van der Waals surface area contributed by atoms with Crippen LogP contribution in [-0.4, -0.2) is 20.1 Å². The summed E-state index contributed by atoms with van der Waals surface area (Å²) in [5.74, 6) is 1.21. The molecule has 1 atom stereocenters. The minimum atomic E-state index is -3.81. The van der Waals surface area contributed by atoms with Gasteiger partial charge >= 0.3 is 0 Å². The van der Waals surface area contributed by atoms with Crippen LogP contribution in [0.4, 0.5) is 0 Å². The van der Waals surface area contributed by atoms with Gasteiger partial charge in [0.05, 0.1) is 0 Å². The molecule has 0 saturated carbocycles. The lowest BCUT2D eigenvalue weighted by Crippen LogP contribution is -2.41. The van der Waals surface area contributed by atoms with Crippen molar-refractivity contribution in [1.82, 2.24) is 4.72 Å². The molecule has 0 aliphatic rings. The Morgan fingerprint density at radius 2 is 2.12 bits per heavy atom. The quantitative estimate of drug-likeness (QED) is 0.691. The summed E-state index contributed by atoms with van der Waals surface area (Å²) >= 11 is 0. The average Bonchev–Trinajstić information content (AvgIpc) is 2.42. The van der Waals surface area contributed by atoms with Gasteiger partial charge in [0.2, 0.25) is 0 Å². The maximum Gasteiger partial charge on any atom is 0.274 e. The average molecular weight is 248 g/mol. The van der Waals surface area contributed by atoms with E-state index in [1.807, 2.05) is 0 Å². The summed E-state index contributed by atoms with van der Waals surface area (Å²) in [7, 11) is -3.81. The number of hydrogen-bond donors (Lipinski definition) is 3. The number of hydrogen-bond acceptors (Lipinski definition) is 4. The summed E-state index contributed by atoms with van der Waals surface area (Å²) in [4.78, 5) is 0. The van der Waals surface area contributed by atoms with Crippen LogP contribution in [0, 0.1) is 13.8 Å². The van der Waals surface area contributed by atoms with Crippen LogP contribution < -0.4 is 9.86 Å². The lowest BCUT2D eigenvalue weighted by Gasteiger charge is -2.22. The SMILES string of the molecule is Cc1cc(C(C)(O)CNS(N)(=O)=O)c(C)o1. The van der Waals surface area contributed by atoms with Gasteiger partial charge in [0.15, 0.2) is 0 Å². The van der Waals surface area contributed by atoms with Crippen LogP contribution >= 0.6 is 0 Å². The van der Waals surface area contributed by atoms with Crippen LogP contribution in [0.15, 0.2) is 10.5 Å². The summed E-state index contributed by atoms with van der Waals surface area (Å²) in [5, 5.41) is 14.9. The van der Waals surface area contributed by atoms with E-state index in [4.69, 9.17) is 9.56 Å². The Balaban J connectivity index is 2.89. The number of nitrogens with two attached hydrogens (primary N) is 1. The molecule has 7 heteroatoms. The molecular weight excluding hydrogens is 232 g/mol. The van der Waals surface area contributed by atoms with Gasteiger partial charge in [-0.25, -0.2) is 5.14 Å². The fraction of sp³-hybridized carbons (Fsp3) is 0.556. The Kier molecular flexibility index (Phi) is 3.44. The Morgan fingerprint density at radius 1 is 1.56 bits per heavy atom. The molecule has 92 valence electrons. The molecule has 0 radical (unpaired) electrons. The fourth-order valence-electron chi connectivity index (χ4n) is 1.50. The summed E-state index contributed by atoms with van der Waals surface area (Å²) in [6, 6.07) is 1.67. The van der Waals surface area contributed by atoms with E-state index in [0.717, 1.165) is 0 Å². The van der Waals surface area contributed by atoms with Gasteiger partial charge in [-0.2, -0.15) is 13.1 Å². The number of rotatable bonds is 4. The first-order valence-electron chi connectivity index (χ1n) is 4.69. The van der Waals surface area contributed by atoms with Gasteiger partial charge in [0.1, 0.15) is 17.1 Å². The lowest BCUT2D eigenvalue weighted by molar-refractivity contribution is 0.0612. The summed E-state index contributed by atoms with van der Waals surface area (Å²) in [6.45, 7) is 4.74. The molecule has 6 nitrogen and oxygen atoms in total. The second-order valence-electron chi connectivity index (χ2n) is 3.97. The third kappa shape index (κ3) is 3.31. The van der Waals surface area contributed by atoms with Gasteiger partial charge < -0.3 is 9.52 Å². The molecule has 1 heterocycles. The molecule has 1 unspecified atom stereocenters. The minimum Gasteiger partial charge on any atom is -0.466 e. The summed E-state index contributed by atoms with van der Waals surface area (Å²) < 4.78 is 28.8. The van der Waals surface area contributed by atoms with E-state index < -0.39 is 15.8 Å². The molecule has 0 saturated heterocycles. The van der Waals surface area contributed by atoms with Gasteiger partial charge in [-0.15, -0.1) is 0 Å². The Bertz CT molecular complexity index is 476. The van der Waals surface area contributed by atoms with Gasteiger partial charge in [0.25, 0.3) is 10.2 Å². The number of aryl methyl sites for hydroxylation is 2. The topological polar surface area (TPSA) is 106 Å². The number of aliphatic hydroxyl groups is 1. The summed E-state index contributed by atoms with van der Waals surface area (Å²) in [5.41, 5.74) is -0.810. The van der Waals surface area contributed by atoms with Crippen molar-refractivity contribution in [2.45, 2.75) is 26.4 Å². The van der Waals surface area contributed by atoms with E-state index in [2.05, 4.69) is 4.72 Å². The zero-order valence-corrected chi connectivity index (χ0v) is 10.3. The molecule has 0 aromatic carbocycles. The van der Waals surface area contributed by atoms with Crippen molar-refractivity contribution in [3.63, 3.8) is 0 Å². The monoisotopic (exact) mass is 248 g/mol. The van der Waals surface area contributed by atoms with Crippen molar-refractivity contribution in [3.05, 3.63) is 23.2 Å². The van der Waals surface area contributed by atoms with Gasteiger partial charge in [0, 0.05) is 12.1 Å². The van der Waals surface area contributed by atoms with Crippen LogP contribution in [0.1, 0.15) is 24.0 Å². The molecule has 0 bridgehead atoms. The van der Waals surface area contributed by atoms with Crippen molar-refractivity contribution >= 4 is 10.2 Å². The maximum absolute atomic E-state index is 10.7. The first-order valence-corrected chi connectivity index (χ1v) is 6.24. The zero-order chi connectivity index (χ0) is 12.6. The molecule has 0 aliphatic heterocycles. The Hall–Kier alpha value is -0.890. The van der Waals surface area contributed by atoms with Gasteiger partial charge in [-0.3, -0.25) is 0 Å². The third-order valence-corrected chi connectivity index (χ3v) is 2.79.